The van der Waals surface area contributed by atoms with Crippen molar-refractivity contribution in [2.75, 3.05) is 38.8 Å². The van der Waals surface area contributed by atoms with Crippen LogP contribution in [0.1, 0.15) is 10.5 Å². The summed E-state index contributed by atoms with van der Waals surface area (Å²) in [4.78, 5) is 18.3. The molecule has 94 valence electrons. The molecule has 0 saturated carbocycles. The number of carboxylic acid groups (broad SMARTS) is 1. The van der Waals surface area contributed by atoms with Gasteiger partial charge in [-0.25, -0.2) is 14.8 Å². The van der Waals surface area contributed by atoms with Crippen LogP contribution < -0.4 is 5.32 Å². The van der Waals surface area contributed by atoms with Crippen LogP contribution in [0.3, 0.4) is 0 Å². The number of aromatic carboxylic acids is 1. The molecule has 0 bridgehead atoms. The van der Waals surface area contributed by atoms with Gasteiger partial charge >= 0.3 is 5.97 Å². The van der Waals surface area contributed by atoms with E-state index >= 15 is 0 Å². The number of anilines is 1. The number of ether oxygens (including phenoxy) is 2. The van der Waals surface area contributed by atoms with Gasteiger partial charge in [0.1, 0.15) is 0 Å². The van der Waals surface area contributed by atoms with Gasteiger partial charge in [0, 0.05) is 19.9 Å². The molecule has 0 radical (unpaired) electrons. The van der Waals surface area contributed by atoms with E-state index in [9.17, 15) is 4.79 Å². The fourth-order valence-electron chi connectivity index (χ4n) is 1.04. The summed E-state index contributed by atoms with van der Waals surface area (Å²) >= 11 is 0. The topological polar surface area (TPSA) is 93.6 Å². The molecule has 0 aliphatic heterocycles. The molecule has 0 saturated heterocycles. The molecule has 1 aromatic rings. The van der Waals surface area contributed by atoms with Crippen LogP contribution in [0.5, 0.6) is 0 Å². The minimum absolute atomic E-state index is 0.0391. The Labute approximate surface area is 98.8 Å². The number of hydrogen-bond acceptors (Lipinski definition) is 6. The monoisotopic (exact) mass is 241 g/mol. The van der Waals surface area contributed by atoms with E-state index in [1.54, 1.807) is 7.11 Å². The smallest absolute Gasteiger partial charge is 0.354 e. The first-order chi connectivity index (χ1) is 8.24. The van der Waals surface area contributed by atoms with Crippen LogP contribution in [-0.4, -0.2) is 54.5 Å². The van der Waals surface area contributed by atoms with Gasteiger partial charge in [0.05, 0.1) is 19.8 Å². The van der Waals surface area contributed by atoms with Gasteiger partial charge in [0.15, 0.2) is 5.69 Å². The SMILES string of the molecule is COCCOCCNc1nccc(C(=O)O)n1. The highest BCUT2D eigenvalue weighted by molar-refractivity contribution is 5.85. The number of aromatic nitrogens is 2. The van der Waals surface area contributed by atoms with Gasteiger partial charge in [-0.15, -0.1) is 0 Å². The third kappa shape index (κ3) is 5.23. The Kier molecular flexibility index (Phi) is 5.91. The first-order valence-corrected chi connectivity index (χ1v) is 5.11. The number of hydrogen-bond donors (Lipinski definition) is 2. The highest BCUT2D eigenvalue weighted by Crippen LogP contribution is 1.99. The third-order valence-electron chi connectivity index (χ3n) is 1.84. The Morgan fingerprint density at radius 3 is 3.00 bits per heavy atom. The first kappa shape index (κ1) is 13.3. The maximum atomic E-state index is 10.6. The standard InChI is InChI=1S/C10H15N3O4/c1-16-6-7-17-5-4-12-10-11-3-2-8(13-10)9(14)15/h2-3H,4-7H2,1H3,(H,14,15)(H,11,12,13). The van der Waals surface area contributed by atoms with Crippen LogP contribution >= 0.6 is 0 Å². The summed E-state index contributed by atoms with van der Waals surface area (Å²) in [6.07, 6.45) is 1.39. The number of carbonyl (C=O) groups is 1. The quantitative estimate of drug-likeness (QED) is 0.630. The van der Waals surface area contributed by atoms with Gasteiger partial charge in [0.2, 0.25) is 5.95 Å². The number of carboxylic acids is 1. The fraction of sp³-hybridized carbons (Fsp3) is 0.500. The number of methoxy groups -OCH3 is 1. The Balaban J connectivity index is 2.27. The average Bonchev–Trinajstić information content (AvgIpc) is 2.34. The van der Waals surface area contributed by atoms with Crippen molar-refractivity contribution in [2.24, 2.45) is 0 Å². The Bertz CT molecular complexity index is 359. The van der Waals surface area contributed by atoms with E-state index < -0.39 is 5.97 Å². The maximum Gasteiger partial charge on any atom is 0.354 e. The average molecular weight is 241 g/mol. The lowest BCUT2D eigenvalue weighted by Crippen LogP contribution is -2.14. The molecular weight excluding hydrogens is 226 g/mol. The molecule has 0 aliphatic carbocycles. The van der Waals surface area contributed by atoms with Crippen molar-refractivity contribution in [3.8, 4) is 0 Å². The van der Waals surface area contributed by atoms with Crippen LogP contribution in [0.2, 0.25) is 0 Å². The molecule has 17 heavy (non-hydrogen) atoms. The van der Waals surface area contributed by atoms with Crippen molar-refractivity contribution in [1.29, 1.82) is 0 Å². The van der Waals surface area contributed by atoms with E-state index in [1.165, 1.54) is 12.3 Å². The Hall–Kier alpha value is -1.73. The molecule has 1 heterocycles. The molecule has 1 rings (SSSR count). The lowest BCUT2D eigenvalue weighted by molar-refractivity contribution is 0.0690. The fourth-order valence-corrected chi connectivity index (χ4v) is 1.04. The summed E-state index contributed by atoms with van der Waals surface area (Å²) in [6, 6.07) is 1.34. The lowest BCUT2D eigenvalue weighted by Gasteiger charge is -2.05. The Morgan fingerprint density at radius 1 is 1.47 bits per heavy atom. The second kappa shape index (κ2) is 7.53. The van der Waals surface area contributed by atoms with Crippen molar-refractivity contribution in [3.05, 3.63) is 18.0 Å². The van der Waals surface area contributed by atoms with E-state index in [1.807, 2.05) is 0 Å². The molecular formula is C10H15N3O4. The summed E-state index contributed by atoms with van der Waals surface area (Å²) < 4.78 is 10.0. The van der Waals surface area contributed by atoms with Gasteiger partial charge in [-0.05, 0) is 6.07 Å². The highest BCUT2D eigenvalue weighted by Gasteiger charge is 2.05. The molecule has 0 aromatic carbocycles. The van der Waals surface area contributed by atoms with Crippen LogP contribution in [0.15, 0.2) is 12.3 Å². The summed E-state index contributed by atoms with van der Waals surface area (Å²) in [5.74, 6) is -0.799. The zero-order valence-electron chi connectivity index (χ0n) is 9.55. The van der Waals surface area contributed by atoms with Crippen molar-refractivity contribution in [3.63, 3.8) is 0 Å². The minimum atomic E-state index is -1.08. The van der Waals surface area contributed by atoms with Gasteiger partial charge in [-0.1, -0.05) is 0 Å². The Morgan fingerprint density at radius 2 is 2.29 bits per heavy atom. The molecule has 0 amide bonds. The zero-order valence-corrected chi connectivity index (χ0v) is 9.55. The predicted molar refractivity (Wildman–Crippen MR) is 60.2 cm³/mol. The van der Waals surface area contributed by atoms with Crippen molar-refractivity contribution >= 4 is 11.9 Å². The zero-order chi connectivity index (χ0) is 12.5. The molecule has 0 fully saturated rings. The molecule has 2 N–H and O–H groups in total. The molecule has 7 heteroatoms. The molecule has 1 aromatic heterocycles. The van der Waals surface area contributed by atoms with E-state index in [2.05, 4.69) is 15.3 Å². The number of nitrogens with one attached hydrogen (secondary N) is 1. The van der Waals surface area contributed by atoms with Gasteiger partial charge in [-0.2, -0.15) is 0 Å². The van der Waals surface area contributed by atoms with Crippen molar-refractivity contribution in [1.82, 2.24) is 9.97 Å². The van der Waals surface area contributed by atoms with E-state index in [-0.39, 0.29) is 11.6 Å². The lowest BCUT2D eigenvalue weighted by atomic mass is 10.4. The second-order valence-corrected chi connectivity index (χ2v) is 3.10. The molecule has 0 aliphatic rings. The second-order valence-electron chi connectivity index (χ2n) is 3.10. The van der Waals surface area contributed by atoms with Gasteiger partial charge < -0.3 is 19.9 Å². The first-order valence-electron chi connectivity index (χ1n) is 5.11. The largest absolute Gasteiger partial charge is 0.477 e. The van der Waals surface area contributed by atoms with Crippen LogP contribution in [-0.2, 0) is 9.47 Å². The molecule has 0 atom stereocenters. The van der Waals surface area contributed by atoms with Crippen LogP contribution in [0, 0.1) is 0 Å². The number of nitrogens with zero attached hydrogens (tertiary/aromatic N) is 2. The molecule has 0 spiro atoms. The van der Waals surface area contributed by atoms with Gasteiger partial charge in [0.25, 0.3) is 0 Å². The summed E-state index contributed by atoms with van der Waals surface area (Å²) in [5.41, 5.74) is -0.0391. The maximum absolute atomic E-state index is 10.6. The summed E-state index contributed by atoms with van der Waals surface area (Å²) in [5, 5.41) is 11.6. The molecule has 0 unspecified atom stereocenters. The van der Waals surface area contributed by atoms with Crippen LogP contribution in [0.25, 0.3) is 0 Å². The normalized spacial score (nSPS) is 10.2. The summed E-state index contributed by atoms with van der Waals surface area (Å²) in [6.45, 7) is 2.05. The highest BCUT2D eigenvalue weighted by atomic mass is 16.5. The predicted octanol–water partition coefficient (Wildman–Crippen LogP) is 0.250. The number of rotatable bonds is 8. The van der Waals surface area contributed by atoms with E-state index in [4.69, 9.17) is 14.6 Å². The van der Waals surface area contributed by atoms with Crippen LogP contribution in [0.4, 0.5) is 5.95 Å². The van der Waals surface area contributed by atoms with Crippen molar-refractivity contribution < 1.29 is 19.4 Å². The van der Waals surface area contributed by atoms with E-state index in [0.717, 1.165) is 0 Å². The third-order valence-corrected chi connectivity index (χ3v) is 1.84. The van der Waals surface area contributed by atoms with Gasteiger partial charge in [-0.3, -0.25) is 0 Å². The minimum Gasteiger partial charge on any atom is -0.477 e. The van der Waals surface area contributed by atoms with E-state index in [0.29, 0.717) is 26.4 Å². The van der Waals surface area contributed by atoms with Crippen molar-refractivity contribution in [2.45, 2.75) is 0 Å². The molecule has 7 nitrogen and oxygen atoms in total. The summed E-state index contributed by atoms with van der Waals surface area (Å²) in [7, 11) is 1.60.